The van der Waals surface area contributed by atoms with Crippen LogP contribution in [-0.4, -0.2) is 10.1 Å². The molecule has 0 radical (unpaired) electrons. The monoisotopic (exact) mass is 325 g/mol. The third kappa shape index (κ3) is 2.92. The Balaban J connectivity index is 1.94. The molecule has 4 aromatic rings. The van der Waals surface area contributed by atoms with Crippen LogP contribution < -0.4 is 0 Å². The lowest BCUT2D eigenvalue weighted by Crippen LogP contribution is -2.30. The SMILES string of the molecule is O[C@](Cc1cccnc1)(c1ccccc1)c1cccc2ccccc12. The molecular weight excluding hydrogens is 306 g/mol. The van der Waals surface area contributed by atoms with Gasteiger partial charge < -0.3 is 5.11 Å². The Kier molecular flexibility index (Phi) is 4.04. The summed E-state index contributed by atoms with van der Waals surface area (Å²) in [7, 11) is 0. The topological polar surface area (TPSA) is 33.1 Å². The molecule has 0 unspecified atom stereocenters. The summed E-state index contributed by atoms with van der Waals surface area (Å²) in [4.78, 5) is 4.21. The van der Waals surface area contributed by atoms with Crippen molar-refractivity contribution in [1.29, 1.82) is 0 Å². The highest BCUT2D eigenvalue weighted by atomic mass is 16.3. The first-order valence-corrected chi connectivity index (χ1v) is 8.42. The van der Waals surface area contributed by atoms with Gasteiger partial charge in [-0.25, -0.2) is 0 Å². The van der Waals surface area contributed by atoms with E-state index >= 15 is 0 Å². The molecule has 0 aliphatic rings. The van der Waals surface area contributed by atoms with Crippen molar-refractivity contribution >= 4 is 10.8 Å². The molecule has 4 rings (SSSR count). The Labute approximate surface area is 147 Å². The number of benzene rings is 3. The molecule has 1 N–H and O–H groups in total. The summed E-state index contributed by atoms with van der Waals surface area (Å²) < 4.78 is 0. The largest absolute Gasteiger partial charge is 0.380 e. The Hall–Kier alpha value is -2.97. The lowest BCUT2D eigenvalue weighted by atomic mass is 9.79. The number of rotatable bonds is 4. The zero-order chi connectivity index (χ0) is 17.1. The molecule has 1 aromatic heterocycles. The fourth-order valence-corrected chi connectivity index (χ4v) is 3.45. The van der Waals surface area contributed by atoms with E-state index in [0.29, 0.717) is 6.42 Å². The van der Waals surface area contributed by atoms with E-state index in [2.05, 4.69) is 23.2 Å². The van der Waals surface area contributed by atoms with Gasteiger partial charge in [0, 0.05) is 18.8 Å². The Bertz CT molecular complexity index is 977. The third-order valence-corrected chi connectivity index (χ3v) is 4.67. The van der Waals surface area contributed by atoms with Crippen molar-refractivity contribution in [2.45, 2.75) is 12.0 Å². The molecule has 1 atom stereocenters. The molecule has 0 saturated carbocycles. The van der Waals surface area contributed by atoms with Crippen molar-refractivity contribution in [1.82, 2.24) is 4.98 Å². The van der Waals surface area contributed by atoms with Crippen molar-refractivity contribution in [2.24, 2.45) is 0 Å². The Morgan fingerprint density at radius 1 is 0.760 bits per heavy atom. The van der Waals surface area contributed by atoms with Gasteiger partial charge in [0.05, 0.1) is 0 Å². The van der Waals surface area contributed by atoms with E-state index in [-0.39, 0.29) is 0 Å². The summed E-state index contributed by atoms with van der Waals surface area (Å²) in [6, 6.07) is 28.1. The van der Waals surface area contributed by atoms with E-state index < -0.39 is 5.60 Å². The number of hydrogen-bond donors (Lipinski definition) is 1. The van der Waals surface area contributed by atoms with Crippen LogP contribution in [0.2, 0.25) is 0 Å². The second-order valence-corrected chi connectivity index (χ2v) is 6.29. The lowest BCUT2D eigenvalue weighted by molar-refractivity contribution is 0.0826. The molecule has 122 valence electrons. The predicted molar refractivity (Wildman–Crippen MR) is 101 cm³/mol. The average Bonchev–Trinajstić information content (AvgIpc) is 2.69. The van der Waals surface area contributed by atoms with E-state index in [1.165, 1.54) is 0 Å². The van der Waals surface area contributed by atoms with Gasteiger partial charge in [-0.2, -0.15) is 0 Å². The third-order valence-electron chi connectivity index (χ3n) is 4.67. The minimum absolute atomic E-state index is 0.471. The van der Waals surface area contributed by atoms with Crippen LogP contribution >= 0.6 is 0 Å². The number of pyridine rings is 1. The molecule has 0 amide bonds. The van der Waals surface area contributed by atoms with Crippen LogP contribution in [0.25, 0.3) is 10.8 Å². The van der Waals surface area contributed by atoms with Crippen LogP contribution in [0.1, 0.15) is 16.7 Å². The van der Waals surface area contributed by atoms with Crippen LogP contribution in [-0.2, 0) is 12.0 Å². The molecule has 0 saturated heterocycles. The minimum Gasteiger partial charge on any atom is -0.380 e. The second-order valence-electron chi connectivity index (χ2n) is 6.29. The van der Waals surface area contributed by atoms with Gasteiger partial charge >= 0.3 is 0 Å². The number of aromatic nitrogens is 1. The lowest BCUT2D eigenvalue weighted by Gasteiger charge is -2.31. The van der Waals surface area contributed by atoms with Crippen LogP contribution in [0.4, 0.5) is 0 Å². The normalized spacial score (nSPS) is 13.5. The molecule has 25 heavy (non-hydrogen) atoms. The van der Waals surface area contributed by atoms with E-state index in [1.807, 2.05) is 72.9 Å². The van der Waals surface area contributed by atoms with Gasteiger partial charge in [0.25, 0.3) is 0 Å². The van der Waals surface area contributed by atoms with Crippen molar-refractivity contribution in [3.63, 3.8) is 0 Å². The Morgan fingerprint density at radius 2 is 1.52 bits per heavy atom. The second kappa shape index (κ2) is 6.50. The van der Waals surface area contributed by atoms with Gasteiger partial charge in [-0.3, -0.25) is 4.98 Å². The molecule has 1 heterocycles. The summed E-state index contributed by atoms with van der Waals surface area (Å²) in [5.41, 5.74) is 1.68. The maximum Gasteiger partial charge on any atom is 0.119 e. The maximum atomic E-state index is 11.9. The zero-order valence-electron chi connectivity index (χ0n) is 13.8. The van der Waals surface area contributed by atoms with Crippen molar-refractivity contribution < 1.29 is 5.11 Å². The quantitative estimate of drug-likeness (QED) is 0.589. The molecule has 2 heteroatoms. The smallest absolute Gasteiger partial charge is 0.119 e. The number of aliphatic hydroxyl groups is 1. The summed E-state index contributed by atoms with van der Waals surface area (Å²) >= 11 is 0. The minimum atomic E-state index is -1.12. The fourth-order valence-electron chi connectivity index (χ4n) is 3.45. The van der Waals surface area contributed by atoms with Crippen LogP contribution in [0.15, 0.2) is 97.3 Å². The van der Waals surface area contributed by atoms with Crippen molar-refractivity contribution in [2.75, 3.05) is 0 Å². The molecule has 0 spiro atoms. The summed E-state index contributed by atoms with van der Waals surface area (Å²) in [6.07, 6.45) is 4.04. The van der Waals surface area contributed by atoms with Gasteiger partial charge in [0.1, 0.15) is 5.60 Å². The molecule has 2 nitrogen and oxygen atoms in total. The van der Waals surface area contributed by atoms with Crippen molar-refractivity contribution in [3.8, 4) is 0 Å². The molecule has 0 aliphatic carbocycles. The standard InChI is InChI=1S/C23H19NO/c25-23(20-11-2-1-3-12-20,16-18-8-7-15-24-17-18)22-14-6-10-19-9-4-5-13-21(19)22/h1-15,17,25H,16H2/t23-/m1/s1. The molecule has 0 aliphatic heterocycles. The van der Waals surface area contributed by atoms with Crippen molar-refractivity contribution in [3.05, 3.63) is 114 Å². The van der Waals surface area contributed by atoms with Gasteiger partial charge in [0.15, 0.2) is 0 Å². The van der Waals surface area contributed by atoms with E-state index in [1.54, 1.807) is 6.20 Å². The predicted octanol–water partition coefficient (Wildman–Crippen LogP) is 4.71. The molecule has 0 bridgehead atoms. The van der Waals surface area contributed by atoms with Gasteiger partial charge in [-0.15, -0.1) is 0 Å². The van der Waals surface area contributed by atoms with Gasteiger partial charge in [-0.1, -0.05) is 78.9 Å². The summed E-state index contributed by atoms with van der Waals surface area (Å²) in [5.74, 6) is 0. The first-order chi connectivity index (χ1) is 12.3. The first-order valence-electron chi connectivity index (χ1n) is 8.42. The zero-order valence-corrected chi connectivity index (χ0v) is 13.8. The highest BCUT2D eigenvalue weighted by molar-refractivity contribution is 5.87. The van der Waals surface area contributed by atoms with Gasteiger partial charge in [0.2, 0.25) is 0 Å². The van der Waals surface area contributed by atoms with E-state index in [0.717, 1.165) is 27.5 Å². The molecule has 3 aromatic carbocycles. The molecular formula is C23H19NO. The number of hydrogen-bond acceptors (Lipinski definition) is 2. The van der Waals surface area contributed by atoms with Crippen LogP contribution in [0, 0.1) is 0 Å². The fraction of sp³-hybridized carbons (Fsp3) is 0.0870. The van der Waals surface area contributed by atoms with Crippen LogP contribution in [0.5, 0.6) is 0 Å². The van der Waals surface area contributed by atoms with Crippen LogP contribution in [0.3, 0.4) is 0 Å². The maximum absolute atomic E-state index is 11.9. The van der Waals surface area contributed by atoms with Gasteiger partial charge in [-0.05, 0) is 33.5 Å². The Morgan fingerprint density at radius 3 is 2.32 bits per heavy atom. The average molecular weight is 325 g/mol. The highest BCUT2D eigenvalue weighted by Crippen LogP contribution is 2.37. The number of nitrogens with zero attached hydrogens (tertiary/aromatic N) is 1. The molecule has 0 fully saturated rings. The van der Waals surface area contributed by atoms with E-state index in [4.69, 9.17) is 0 Å². The number of fused-ring (bicyclic) bond motifs is 1. The summed E-state index contributed by atoms with van der Waals surface area (Å²) in [6.45, 7) is 0. The highest BCUT2D eigenvalue weighted by Gasteiger charge is 2.33. The van der Waals surface area contributed by atoms with E-state index in [9.17, 15) is 5.11 Å². The first kappa shape index (κ1) is 15.6. The summed E-state index contributed by atoms with van der Waals surface area (Å²) in [5, 5.41) is 14.1.